The van der Waals surface area contributed by atoms with Crippen molar-refractivity contribution in [1.82, 2.24) is 5.32 Å². The van der Waals surface area contributed by atoms with Crippen LogP contribution in [0.2, 0.25) is 0 Å². The van der Waals surface area contributed by atoms with Gasteiger partial charge in [0.1, 0.15) is 5.75 Å². The van der Waals surface area contributed by atoms with Gasteiger partial charge in [-0.1, -0.05) is 22.9 Å². The molecule has 2 rings (SSSR count). The van der Waals surface area contributed by atoms with E-state index in [9.17, 15) is 5.11 Å². The van der Waals surface area contributed by atoms with Crippen LogP contribution < -0.4 is 5.32 Å². The second-order valence-electron chi connectivity index (χ2n) is 5.20. The number of hydrogen-bond acceptors (Lipinski definition) is 3. The zero-order chi connectivity index (χ0) is 13.8. The summed E-state index contributed by atoms with van der Waals surface area (Å²) in [5.41, 5.74) is 1.00. The van der Waals surface area contributed by atoms with Gasteiger partial charge in [-0.3, -0.25) is 0 Å². The van der Waals surface area contributed by atoms with Crippen LogP contribution in [0.5, 0.6) is 5.75 Å². The average molecular weight is 344 g/mol. The predicted molar refractivity (Wildman–Crippen MR) is 86.9 cm³/mol. The molecular weight excluding hydrogens is 322 g/mol. The highest BCUT2D eigenvalue weighted by molar-refractivity contribution is 9.10. The molecule has 1 saturated carbocycles. The van der Waals surface area contributed by atoms with Gasteiger partial charge in [-0.05, 0) is 50.1 Å². The SMILES string of the molecule is CCC(NC1CCC(SC)C1)c1cc(Br)ccc1O. The van der Waals surface area contributed by atoms with Gasteiger partial charge >= 0.3 is 0 Å². The number of benzene rings is 1. The molecule has 3 atom stereocenters. The molecule has 2 nitrogen and oxygen atoms in total. The highest BCUT2D eigenvalue weighted by Gasteiger charge is 2.26. The molecule has 1 aliphatic rings. The van der Waals surface area contributed by atoms with Crippen molar-refractivity contribution in [2.24, 2.45) is 0 Å². The molecule has 106 valence electrons. The summed E-state index contributed by atoms with van der Waals surface area (Å²) in [5, 5.41) is 14.6. The number of hydrogen-bond donors (Lipinski definition) is 2. The molecule has 4 heteroatoms. The molecule has 0 saturated heterocycles. The van der Waals surface area contributed by atoms with Crippen molar-refractivity contribution in [1.29, 1.82) is 0 Å². The Morgan fingerprint density at radius 2 is 2.26 bits per heavy atom. The summed E-state index contributed by atoms with van der Waals surface area (Å²) in [6.45, 7) is 2.17. The van der Waals surface area contributed by atoms with Gasteiger partial charge in [-0.2, -0.15) is 11.8 Å². The first-order chi connectivity index (χ1) is 9.13. The second kappa shape index (κ2) is 7.00. The van der Waals surface area contributed by atoms with Crippen molar-refractivity contribution in [2.45, 2.75) is 49.9 Å². The monoisotopic (exact) mass is 343 g/mol. The van der Waals surface area contributed by atoms with Crippen LogP contribution in [0.15, 0.2) is 22.7 Å². The zero-order valence-electron chi connectivity index (χ0n) is 11.5. The first-order valence-electron chi connectivity index (χ1n) is 6.91. The normalized spacial score (nSPS) is 24.6. The average Bonchev–Trinajstić information content (AvgIpc) is 2.87. The Kier molecular flexibility index (Phi) is 5.60. The quantitative estimate of drug-likeness (QED) is 0.826. The number of phenols is 1. The minimum absolute atomic E-state index is 0.239. The minimum atomic E-state index is 0.239. The zero-order valence-corrected chi connectivity index (χ0v) is 13.9. The minimum Gasteiger partial charge on any atom is -0.508 e. The van der Waals surface area contributed by atoms with E-state index in [1.807, 2.05) is 23.9 Å². The maximum absolute atomic E-state index is 10.0. The summed E-state index contributed by atoms with van der Waals surface area (Å²) in [5.74, 6) is 0.391. The molecule has 1 aliphatic carbocycles. The standard InChI is InChI=1S/C15H22BrNOS/c1-3-14(13-8-10(16)4-7-15(13)18)17-11-5-6-12(9-11)19-2/h4,7-8,11-12,14,17-18H,3,5-6,9H2,1-2H3. The number of thioether (sulfide) groups is 1. The first kappa shape index (κ1) is 15.2. The molecule has 1 fully saturated rings. The number of nitrogens with one attached hydrogen (secondary N) is 1. The molecule has 0 aliphatic heterocycles. The Balaban J connectivity index is 2.06. The van der Waals surface area contributed by atoms with Crippen LogP contribution in [-0.2, 0) is 0 Å². The molecule has 2 N–H and O–H groups in total. The molecular formula is C15H22BrNOS. The van der Waals surface area contributed by atoms with Crippen LogP contribution in [0.1, 0.15) is 44.2 Å². The second-order valence-corrected chi connectivity index (χ2v) is 7.25. The third-order valence-electron chi connectivity index (χ3n) is 3.93. The van der Waals surface area contributed by atoms with Gasteiger partial charge in [0, 0.05) is 27.4 Å². The first-order valence-corrected chi connectivity index (χ1v) is 8.99. The Hall–Kier alpha value is -0.190. The topological polar surface area (TPSA) is 32.3 Å². The van der Waals surface area contributed by atoms with E-state index < -0.39 is 0 Å². The lowest BCUT2D eigenvalue weighted by Gasteiger charge is -2.23. The van der Waals surface area contributed by atoms with Crippen LogP contribution in [0, 0.1) is 0 Å². The summed E-state index contributed by atoms with van der Waals surface area (Å²) >= 11 is 5.46. The molecule has 0 spiro atoms. The number of aromatic hydroxyl groups is 1. The molecule has 0 amide bonds. The number of rotatable bonds is 5. The van der Waals surface area contributed by atoms with E-state index in [4.69, 9.17) is 0 Å². The molecule has 0 radical (unpaired) electrons. The highest BCUT2D eigenvalue weighted by Crippen LogP contribution is 2.33. The van der Waals surface area contributed by atoms with E-state index in [1.54, 1.807) is 6.07 Å². The Morgan fingerprint density at radius 1 is 1.47 bits per heavy atom. The molecule has 1 aromatic rings. The van der Waals surface area contributed by atoms with Gasteiger partial charge in [0.25, 0.3) is 0 Å². The third kappa shape index (κ3) is 3.89. The summed E-state index contributed by atoms with van der Waals surface area (Å²) < 4.78 is 1.02. The third-order valence-corrected chi connectivity index (χ3v) is 5.52. The smallest absolute Gasteiger partial charge is 0.120 e. The van der Waals surface area contributed by atoms with Gasteiger partial charge in [-0.25, -0.2) is 0 Å². The molecule has 0 heterocycles. The van der Waals surface area contributed by atoms with Crippen molar-refractivity contribution in [3.63, 3.8) is 0 Å². The summed E-state index contributed by atoms with van der Waals surface area (Å²) in [6.07, 6.45) is 6.98. The molecule has 19 heavy (non-hydrogen) atoms. The van der Waals surface area contributed by atoms with Gasteiger partial charge in [0.15, 0.2) is 0 Å². The lowest BCUT2D eigenvalue weighted by molar-refractivity contribution is 0.406. The molecule has 0 bridgehead atoms. The van der Waals surface area contributed by atoms with Crippen LogP contribution in [0.3, 0.4) is 0 Å². The summed E-state index contributed by atoms with van der Waals surface area (Å²) in [6, 6.07) is 6.50. The fourth-order valence-corrected chi connectivity index (χ4v) is 4.00. The predicted octanol–water partition coefficient (Wildman–Crippen LogP) is 4.48. The van der Waals surface area contributed by atoms with E-state index in [0.29, 0.717) is 11.8 Å². The van der Waals surface area contributed by atoms with E-state index in [-0.39, 0.29) is 6.04 Å². The van der Waals surface area contributed by atoms with Crippen molar-refractivity contribution in [3.05, 3.63) is 28.2 Å². The Bertz CT molecular complexity index is 427. The van der Waals surface area contributed by atoms with Crippen molar-refractivity contribution >= 4 is 27.7 Å². The van der Waals surface area contributed by atoms with Crippen molar-refractivity contribution in [2.75, 3.05) is 6.26 Å². The van der Waals surface area contributed by atoms with Crippen LogP contribution in [0.4, 0.5) is 0 Å². The maximum Gasteiger partial charge on any atom is 0.120 e. The summed E-state index contributed by atoms with van der Waals surface area (Å²) in [4.78, 5) is 0. The molecule has 0 aromatic heterocycles. The fraction of sp³-hybridized carbons (Fsp3) is 0.600. The van der Waals surface area contributed by atoms with Crippen molar-refractivity contribution in [3.8, 4) is 5.75 Å². The van der Waals surface area contributed by atoms with Gasteiger partial charge < -0.3 is 10.4 Å². The molecule has 3 unspecified atom stereocenters. The lowest BCUT2D eigenvalue weighted by atomic mass is 10.0. The largest absolute Gasteiger partial charge is 0.508 e. The number of phenolic OH excluding ortho intramolecular Hbond substituents is 1. The fourth-order valence-electron chi connectivity index (χ4n) is 2.82. The van der Waals surface area contributed by atoms with Crippen LogP contribution in [-0.4, -0.2) is 22.7 Å². The van der Waals surface area contributed by atoms with E-state index in [1.165, 1.54) is 19.3 Å². The molecule has 1 aromatic carbocycles. The van der Waals surface area contributed by atoms with Crippen LogP contribution in [0.25, 0.3) is 0 Å². The van der Waals surface area contributed by atoms with E-state index >= 15 is 0 Å². The van der Waals surface area contributed by atoms with Gasteiger partial charge in [-0.15, -0.1) is 0 Å². The van der Waals surface area contributed by atoms with E-state index in [0.717, 1.165) is 21.7 Å². The number of halogens is 1. The Labute approximate surface area is 128 Å². The van der Waals surface area contributed by atoms with Gasteiger partial charge in [0.05, 0.1) is 0 Å². The van der Waals surface area contributed by atoms with E-state index in [2.05, 4.69) is 34.4 Å². The van der Waals surface area contributed by atoms with Gasteiger partial charge in [0.2, 0.25) is 0 Å². The lowest BCUT2D eigenvalue weighted by Crippen LogP contribution is -2.31. The Morgan fingerprint density at radius 3 is 2.89 bits per heavy atom. The van der Waals surface area contributed by atoms with Crippen LogP contribution >= 0.6 is 27.7 Å². The maximum atomic E-state index is 10.0. The summed E-state index contributed by atoms with van der Waals surface area (Å²) in [7, 11) is 0. The highest BCUT2D eigenvalue weighted by atomic mass is 79.9. The van der Waals surface area contributed by atoms with Crippen molar-refractivity contribution < 1.29 is 5.11 Å².